The molecule has 1 amide bonds. The maximum atomic E-state index is 12.2. The third-order valence-corrected chi connectivity index (χ3v) is 3.73. The lowest BCUT2D eigenvalue weighted by Gasteiger charge is -2.35. The quantitative estimate of drug-likeness (QED) is 0.859. The fourth-order valence-electron chi connectivity index (χ4n) is 2.50. The van der Waals surface area contributed by atoms with Crippen LogP contribution in [0, 0.1) is 5.41 Å². The molecule has 21 heavy (non-hydrogen) atoms. The van der Waals surface area contributed by atoms with Gasteiger partial charge in [-0.25, -0.2) is 0 Å². The van der Waals surface area contributed by atoms with Crippen LogP contribution in [0.25, 0.3) is 0 Å². The third-order valence-electron chi connectivity index (χ3n) is 3.73. The van der Waals surface area contributed by atoms with Crippen molar-refractivity contribution in [3.63, 3.8) is 0 Å². The van der Waals surface area contributed by atoms with Crippen LogP contribution in [0.15, 0.2) is 24.3 Å². The molecule has 0 spiro atoms. The number of hydrogen-bond donors (Lipinski definition) is 0. The molecule has 1 aliphatic heterocycles. The van der Waals surface area contributed by atoms with Gasteiger partial charge in [0, 0.05) is 31.3 Å². The predicted molar refractivity (Wildman–Crippen MR) is 82.7 cm³/mol. The van der Waals surface area contributed by atoms with Crippen LogP contribution in [0.5, 0.6) is 11.5 Å². The molecule has 0 bridgehead atoms. The standard InChI is InChI=1S/C17H25NO3/c1-17(2,3)16(19)18-11-9-15(10-12-18)21-14-7-5-13(20-4)6-8-14/h5-8,15H,9-12H2,1-4H3. The van der Waals surface area contributed by atoms with Crippen LogP contribution in [-0.2, 0) is 4.79 Å². The van der Waals surface area contributed by atoms with Crippen molar-refractivity contribution in [2.45, 2.75) is 39.7 Å². The van der Waals surface area contributed by atoms with E-state index in [-0.39, 0.29) is 17.4 Å². The molecule has 1 aromatic carbocycles. The van der Waals surface area contributed by atoms with Gasteiger partial charge in [-0.15, -0.1) is 0 Å². The van der Waals surface area contributed by atoms with E-state index in [9.17, 15) is 4.79 Å². The zero-order valence-electron chi connectivity index (χ0n) is 13.4. The smallest absolute Gasteiger partial charge is 0.227 e. The summed E-state index contributed by atoms with van der Waals surface area (Å²) in [6.07, 6.45) is 1.95. The van der Waals surface area contributed by atoms with Crippen LogP contribution in [0.4, 0.5) is 0 Å². The Labute approximate surface area is 127 Å². The normalized spacial score (nSPS) is 16.7. The first kappa shape index (κ1) is 15.7. The average molecular weight is 291 g/mol. The molecule has 1 aliphatic rings. The Morgan fingerprint density at radius 2 is 1.62 bits per heavy atom. The number of rotatable bonds is 3. The van der Waals surface area contributed by atoms with Gasteiger partial charge in [0.1, 0.15) is 17.6 Å². The van der Waals surface area contributed by atoms with Gasteiger partial charge in [0.25, 0.3) is 0 Å². The highest BCUT2D eigenvalue weighted by molar-refractivity contribution is 5.81. The second-order valence-corrected chi connectivity index (χ2v) is 6.53. The summed E-state index contributed by atoms with van der Waals surface area (Å²) in [5.74, 6) is 1.91. The molecule has 1 heterocycles. The van der Waals surface area contributed by atoms with E-state index in [2.05, 4.69) is 0 Å². The van der Waals surface area contributed by atoms with Crippen LogP contribution in [0.2, 0.25) is 0 Å². The highest BCUT2D eigenvalue weighted by Gasteiger charge is 2.30. The number of ether oxygens (including phenoxy) is 2. The molecule has 4 heteroatoms. The number of carbonyl (C=O) groups is 1. The van der Waals surface area contributed by atoms with E-state index in [1.807, 2.05) is 49.9 Å². The maximum Gasteiger partial charge on any atom is 0.227 e. The first-order valence-electron chi connectivity index (χ1n) is 7.50. The van der Waals surface area contributed by atoms with Gasteiger partial charge in [0.05, 0.1) is 7.11 Å². The van der Waals surface area contributed by atoms with Crippen molar-refractivity contribution in [3.8, 4) is 11.5 Å². The number of amides is 1. The van der Waals surface area contributed by atoms with E-state index < -0.39 is 0 Å². The molecule has 0 N–H and O–H groups in total. The summed E-state index contributed by atoms with van der Waals surface area (Å²) in [6, 6.07) is 7.64. The Balaban J connectivity index is 1.85. The van der Waals surface area contributed by atoms with Crippen LogP contribution >= 0.6 is 0 Å². The van der Waals surface area contributed by atoms with E-state index in [4.69, 9.17) is 9.47 Å². The minimum Gasteiger partial charge on any atom is -0.497 e. The van der Waals surface area contributed by atoms with Gasteiger partial charge in [-0.05, 0) is 24.3 Å². The number of nitrogens with zero attached hydrogens (tertiary/aromatic N) is 1. The lowest BCUT2D eigenvalue weighted by Crippen LogP contribution is -2.46. The Morgan fingerprint density at radius 3 is 2.10 bits per heavy atom. The minimum absolute atomic E-state index is 0.183. The molecule has 1 saturated heterocycles. The molecule has 2 rings (SSSR count). The third kappa shape index (κ3) is 4.13. The SMILES string of the molecule is COc1ccc(OC2CCN(C(=O)C(C)(C)C)CC2)cc1. The molecule has 4 nitrogen and oxygen atoms in total. The molecule has 0 aliphatic carbocycles. The van der Waals surface area contributed by atoms with Gasteiger partial charge in [-0.2, -0.15) is 0 Å². The van der Waals surface area contributed by atoms with Crippen LogP contribution in [0.1, 0.15) is 33.6 Å². The summed E-state index contributed by atoms with van der Waals surface area (Å²) in [6.45, 7) is 7.45. The fraction of sp³-hybridized carbons (Fsp3) is 0.588. The lowest BCUT2D eigenvalue weighted by atomic mass is 9.93. The molecular weight excluding hydrogens is 266 g/mol. The van der Waals surface area contributed by atoms with Crippen molar-refractivity contribution < 1.29 is 14.3 Å². The van der Waals surface area contributed by atoms with Crippen LogP contribution < -0.4 is 9.47 Å². The average Bonchev–Trinajstić information content (AvgIpc) is 2.47. The van der Waals surface area contributed by atoms with E-state index in [0.717, 1.165) is 37.4 Å². The highest BCUT2D eigenvalue weighted by atomic mass is 16.5. The monoisotopic (exact) mass is 291 g/mol. The van der Waals surface area contributed by atoms with Crippen molar-refractivity contribution in [1.82, 2.24) is 4.90 Å². The van der Waals surface area contributed by atoms with Crippen molar-refractivity contribution >= 4 is 5.91 Å². The van der Waals surface area contributed by atoms with Gasteiger partial charge in [-0.1, -0.05) is 20.8 Å². The van der Waals surface area contributed by atoms with Crippen molar-refractivity contribution in [1.29, 1.82) is 0 Å². The first-order valence-corrected chi connectivity index (χ1v) is 7.50. The topological polar surface area (TPSA) is 38.8 Å². The summed E-state index contributed by atoms with van der Waals surface area (Å²) in [4.78, 5) is 14.2. The molecule has 1 fully saturated rings. The lowest BCUT2D eigenvalue weighted by molar-refractivity contribution is -0.141. The first-order chi connectivity index (χ1) is 9.90. The van der Waals surface area contributed by atoms with Crippen molar-refractivity contribution in [2.75, 3.05) is 20.2 Å². The summed E-state index contributed by atoms with van der Waals surface area (Å²) >= 11 is 0. The van der Waals surface area contributed by atoms with E-state index in [1.165, 1.54) is 0 Å². The second kappa shape index (κ2) is 6.37. The number of hydrogen-bond acceptors (Lipinski definition) is 3. The van der Waals surface area contributed by atoms with Crippen molar-refractivity contribution in [3.05, 3.63) is 24.3 Å². The number of benzene rings is 1. The summed E-state index contributed by atoms with van der Waals surface area (Å²) in [7, 11) is 1.65. The second-order valence-electron chi connectivity index (χ2n) is 6.53. The van der Waals surface area contributed by atoms with E-state index in [0.29, 0.717) is 0 Å². The van der Waals surface area contributed by atoms with E-state index >= 15 is 0 Å². The Kier molecular flexibility index (Phi) is 4.76. The summed E-state index contributed by atoms with van der Waals surface area (Å²) in [5, 5.41) is 0. The molecule has 0 saturated carbocycles. The molecule has 1 aromatic rings. The van der Waals surface area contributed by atoms with Gasteiger partial charge in [-0.3, -0.25) is 4.79 Å². The number of piperidine rings is 1. The zero-order valence-corrected chi connectivity index (χ0v) is 13.4. The summed E-state index contributed by atoms with van der Waals surface area (Å²) in [5.41, 5.74) is -0.302. The molecule has 0 unspecified atom stereocenters. The Hall–Kier alpha value is -1.71. The molecular formula is C17H25NO3. The van der Waals surface area contributed by atoms with Gasteiger partial charge < -0.3 is 14.4 Å². The summed E-state index contributed by atoms with van der Waals surface area (Å²) < 4.78 is 11.1. The minimum atomic E-state index is -0.302. The van der Waals surface area contributed by atoms with Gasteiger partial charge in [0.15, 0.2) is 0 Å². The fourth-order valence-corrected chi connectivity index (χ4v) is 2.50. The van der Waals surface area contributed by atoms with Gasteiger partial charge >= 0.3 is 0 Å². The predicted octanol–water partition coefficient (Wildman–Crippen LogP) is 3.11. The molecule has 0 radical (unpaired) electrons. The molecule has 116 valence electrons. The zero-order chi connectivity index (χ0) is 15.5. The number of likely N-dealkylation sites (tertiary alicyclic amines) is 1. The van der Waals surface area contributed by atoms with Crippen LogP contribution in [0.3, 0.4) is 0 Å². The number of carbonyl (C=O) groups excluding carboxylic acids is 1. The number of methoxy groups -OCH3 is 1. The van der Waals surface area contributed by atoms with Gasteiger partial charge in [0.2, 0.25) is 5.91 Å². The maximum absolute atomic E-state index is 12.2. The molecule has 0 aromatic heterocycles. The van der Waals surface area contributed by atoms with Crippen molar-refractivity contribution in [2.24, 2.45) is 5.41 Å². The Morgan fingerprint density at radius 1 is 1.10 bits per heavy atom. The van der Waals surface area contributed by atoms with E-state index in [1.54, 1.807) is 7.11 Å². The largest absolute Gasteiger partial charge is 0.497 e. The Bertz CT molecular complexity index is 468. The highest BCUT2D eigenvalue weighted by Crippen LogP contribution is 2.24. The molecule has 0 atom stereocenters. The van der Waals surface area contributed by atoms with Crippen LogP contribution in [-0.4, -0.2) is 37.1 Å².